The third kappa shape index (κ3) is 3.85. The first-order chi connectivity index (χ1) is 10.3. The van der Waals surface area contributed by atoms with E-state index in [1.807, 2.05) is 6.07 Å². The van der Waals surface area contributed by atoms with Gasteiger partial charge >= 0.3 is 0 Å². The van der Waals surface area contributed by atoms with Gasteiger partial charge in [-0.15, -0.1) is 0 Å². The molecular weight excluding hydrogens is 258 g/mol. The van der Waals surface area contributed by atoms with E-state index in [2.05, 4.69) is 68.6 Å². The smallest absolute Gasteiger partial charge is 0.124 e. The minimum absolute atomic E-state index is 0.171. The Balaban J connectivity index is 2.41. The van der Waals surface area contributed by atoms with Crippen LogP contribution in [0.25, 0.3) is 0 Å². The second-order valence-electron chi connectivity index (χ2n) is 5.23. The lowest BCUT2D eigenvalue weighted by molar-refractivity contribution is 0.312. The molecule has 0 amide bonds. The van der Waals surface area contributed by atoms with Gasteiger partial charge in [-0.1, -0.05) is 56.3 Å². The van der Waals surface area contributed by atoms with Crippen molar-refractivity contribution in [3.05, 3.63) is 65.2 Å². The molecule has 0 aliphatic rings. The van der Waals surface area contributed by atoms with Crippen LogP contribution in [-0.2, 0) is 0 Å². The molecular formula is C19H25NO. The largest absolute Gasteiger partial charge is 0.493 e. The van der Waals surface area contributed by atoms with Crippen LogP contribution in [0.4, 0.5) is 0 Å². The Morgan fingerprint density at radius 1 is 0.952 bits per heavy atom. The van der Waals surface area contributed by atoms with E-state index in [9.17, 15) is 0 Å². The summed E-state index contributed by atoms with van der Waals surface area (Å²) in [6.07, 6.45) is 1.02. The van der Waals surface area contributed by atoms with Gasteiger partial charge in [-0.2, -0.15) is 0 Å². The lowest BCUT2D eigenvalue weighted by Gasteiger charge is -2.23. The average Bonchev–Trinajstić information content (AvgIpc) is 2.52. The predicted octanol–water partition coefficient (Wildman–Crippen LogP) is 4.48. The van der Waals surface area contributed by atoms with Crippen LogP contribution in [-0.4, -0.2) is 13.2 Å². The summed E-state index contributed by atoms with van der Waals surface area (Å²) in [6, 6.07) is 17.0. The van der Waals surface area contributed by atoms with Crippen LogP contribution >= 0.6 is 0 Å². The zero-order chi connectivity index (χ0) is 15.1. The van der Waals surface area contributed by atoms with Gasteiger partial charge in [-0.3, -0.25) is 0 Å². The Hall–Kier alpha value is -1.80. The molecule has 2 rings (SSSR count). The average molecular weight is 283 g/mol. The van der Waals surface area contributed by atoms with Gasteiger partial charge in [0, 0.05) is 5.56 Å². The fourth-order valence-electron chi connectivity index (χ4n) is 2.56. The van der Waals surface area contributed by atoms with E-state index >= 15 is 0 Å². The number of aryl methyl sites for hydroxylation is 1. The zero-order valence-corrected chi connectivity index (χ0v) is 13.2. The van der Waals surface area contributed by atoms with Crippen molar-refractivity contribution in [2.45, 2.75) is 33.2 Å². The minimum atomic E-state index is 0.171. The monoisotopic (exact) mass is 283 g/mol. The number of nitrogens with one attached hydrogen (secondary N) is 1. The van der Waals surface area contributed by atoms with Crippen molar-refractivity contribution in [1.82, 2.24) is 5.32 Å². The predicted molar refractivity (Wildman–Crippen MR) is 88.9 cm³/mol. The second kappa shape index (κ2) is 7.84. The molecule has 0 saturated heterocycles. The molecule has 0 aromatic heterocycles. The summed E-state index contributed by atoms with van der Waals surface area (Å²) in [5.74, 6) is 0.980. The van der Waals surface area contributed by atoms with Crippen molar-refractivity contribution < 1.29 is 4.74 Å². The van der Waals surface area contributed by atoms with Gasteiger partial charge in [0.2, 0.25) is 0 Å². The van der Waals surface area contributed by atoms with Crippen LogP contribution in [0, 0.1) is 6.92 Å². The molecule has 0 fully saturated rings. The molecule has 2 heteroatoms. The van der Waals surface area contributed by atoms with Gasteiger partial charge in [0.15, 0.2) is 0 Å². The standard InChI is InChI=1S/C19H25NO/c1-4-14-21-18-13-9-8-12-17(18)19(20-5-2)16-11-7-6-10-15(16)3/h6-13,19-20H,4-5,14H2,1-3H3. The van der Waals surface area contributed by atoms with Gasteiger partial charge < -0.3 is 10.1 Å². The molecule has 0 bridgehead atoms. The number of hydrogen-bond donors (Lipinski definition) is 1. The topological polar surface area (TPSA) is 21.3 Å². The second-order valence-corrected chi connectivity index (χ2v) is 5.23. The molecule has 0 heterocycles. The highest BCUT2D eigenvalue weighted by molar-refractivity contribution is 5.43. The Kier molecular flexibility index (Phi) is 5.82. The minimum Gasteiger partial charge on any atom is -0.493 e. The molecule has 2 aromatic carbocycles. The van der Waals surface area contributed by atoms with Crippen LogP contribution in [0.5, 0.6) is 5.75 Å². The lowest BCUT2D eigenvalue weighted by atomic mass is 9.94. The van der Waals surface area contributed by atoms with Crippen molar-refractivity contribution >= 4 is 0 Å². The highest BCUT2D eigenvalue weighted by atomic mass is 16.5. The third-order valence-electron chi connectivity index (χ3n) is 3.60. The summed E-state index contributed by atoms with van der Waals surface area (Å²) in [5.41, 5.74) is 3.82. The molecule has 0 aliphatic carbocycles. The molecule has 1 unspecified atom stereocenters. The first-order valence-electron chi connectivity index (χ1n) is 7.78. The Labute approximate surface area is 128 Å². The Bertz CT molecular complexity index is 565. The van der Waals surface area contributed by atoms with Gasteiger partial charge in [-0.25, -0.2) is 0 Å². The maximum atomic E-state index is 5.93. The van der Waals surface area contributed by atoms with Crippen LogP contribution in [0.1, 0.15) is 43.0 Å². The summed E-state index contributed by atoms with van der Waals surface area (Å²) in [6.45, 7) is 8.10. The van der Waals surface area contributed by atoms with E-state index in [4.69, 9.17) is 4.74 Å². The van der Waals surface area contributed by atoms with Gasteiger partial charge in [0.1, 0.15) is 5.75 Å². The first kappa shape index (κ1) is 15.6. The molecule has 0 spiro atoms. The molecule has 2 nitrogen and oxygen atoms in total. The number of para-hydroxylation sites is 1. The van der Waals surface area contributed by atoms with Crippen LogP contribution < -0.4 is 10.1 Å². The number of rotatable bonds is 7. The van der Waals surface area contributed by atoms with Crippen molar-refractivity contribution in [3.8, 4) is 5.75 Å². The highest BCUT2D eigenvalue weighted by Crippen LogP contribution is 2.31. The molecule has 0 aliphatic heterocycles. The summed E-state index contributed by atoms with van der Waals surface area (Å²) < 4.78 is 5.93. The van der Waals surface area contributed by atoms with Crippen molar-refractivity contribution in [3.63, 3.8) is 0 Å². The van der Waals surface area contributed by atoms with Crippen molar-refractivity contribution in [1.29, 1.82) is 0 Å². The first-order valence-corrected chi connectivity index (χ1v) is 7.78. The van der Waals surface area contributed by atoms with Crippen LogP contribution in [0.2, 0.25) is 0 Å². The maximum Gasteiger partial charge on any atom is 0.124 e. The highest BCUT2D eigenvalue weighted by Gasteiger charge is 2.18. The summed E-state index contributed by atoms with van der Waals surface area (Å²) >= 11 is 0. The zero-order valence-electron chi connectivity index (χ0n) is 13.2. The Morgan fingerprint density at radius 2 is 1.62 bits per heavy atom. The van der Waals surface area contributed by atoms with Crippen molar-refractivity contribution in [2.75, 3.05) is 13.2 Å². The third-order valence-corrected chi connectivity index (χ3v) is 3.60. The van der Waals surface area contributed by atoms with Crippen molar-refractivity contribution in [2.24, 2.45) is 0 Å². The summed E-state index contributed by atoms with van der Waals surface area (Å²) in [7, 11) is 0. The van der Waals surface area contributed by atoms with E-state index in [1.54, 1.807) is 0 Å². The van der Waals surface area contributed by atoms with Gasteiger partial charge in [0.05, 0.1) is 12.6 Å². The fourth-order valence-corrected chi connectivity index (χ4v) is 2.56. The quantitative estimate of drug-likeness (QED) is 0.808. The molecule has 2 aromatic rings. The van der Waals surface area contributed by atoms with Crippen LogP contribution in [0.3, 0.4) is 0 Å². The Morgan fingerprint density at radius 3 is 2.29 bits per heavy atom. The van der Waals surface area contributed by atoms with E-state index in [1.165, 1.54) is 16.7 Å². The maximum absolute atomic E-state index is 5.93. The molecule has 0 radical (unpaired) electrons. The molecule has 21 heavy (non-hydrogen) atoms. The SMILES string of the molecule is CCCOc1ccccc1C(NCC)c1ccccc1C. The fraction of sp³-hybridized carbons (Fsp3) is 0.368. The molecule has 0 saturated carbocycles. The number of ether oxygens (including phenoxy) is 1. The van der Waals surface area contributed by atoms with E-state index in [0.29, 0.717) is 0 Å². The molecule has 1 N–H and O–H groups in total. The normalized spacial score (nSPS) is 12.1. The number of hydrogen-bond acceptors (Lipinski definition) is 2. The van der Waals surface area contributed by atoms with Gasteiger partial charge in [-0.05, 0) is 37.1 Å². The van der Waals surface area contributed by atoms with E-state index in [0.717, 1.165) is 25.3 Å². The van der Waals surface area contributed by atoms with Gasteiger partial charge in [0.25, 0.3) is 0 Å². The van der Waals surface area contributed by atoms with E-state index < -0.39 is 0 Å². The van der Waals surface area contributed by atoms with E-state index in [-0.39, 0.29) is 6.04 Å². The van der Waals surface area contributed by atoms with Crippen LogP contribution in [0.15, 0.2) is 48.5 Å². The molecule has 1 atom stereocenters. The summed E-state index contributed by atoms with van der Waals surface area (Å²) in [4.78, 5) is 0. The number of benzene rings is 2. The lowest BCUT2D eigenvalue weighted by Crippen LogP contribution is -2.23. The molecule has 112 valence electrons. The summed E-state index contributed by atoms with van der Waals surface area (Å²) in [5, 5.41) is 3.59.